The fraction of sp³-hybridized carbons (Fsp3) is 0.750. The Morgan fingerprint density at radius 2 is 1.56 bits per heavy atom. The standard InChI is InChI=1S/C12H15O4/c13-9(14)11-2-7-1-8(4-11)5-12(3-7,6-11)10(15)16/h7H,1-6H2,(H,13,14)(H,15,16). The maximum absolute atomic E-state index is 11.4. The van der Waals surface area contributed by atoms with E-state index in [0.29, 0.717) is 38.0 Å². The van der Waals surface area contributed by atoms with Crippen molar-refractivity contribution < 1.29 is 19.8 Å². The first-order valence-corrected chi connectivity index (χ1v) is 5.76. The highest BCUT2D eigenvalue weighted by Gasteiger charge is 2.63. The number of carboxylic acid groups (broad SMARTS) is 2. The molecule has 4 nitrogen and oxygen atoms in total. The number of hydrogen-bond acceptors (Lipinski definition) is 2. The highest BCUT2D eigenvalue weighted by Crippen LogP contribution is 2.66. The minimum Gasteiger partial charge on any atom is -0.481 e. The van der Waals surface area contributed by atoms with E-state index in [-0.39, 0.29) is 0 Å². The van der Waals surface area contributed by atoms with Crippen molar-refractivity contribution in [1.29, 1.82) is 0 Å². The zero-order valence-electron chi connectivity index (χ0n) is 9.03. The zero-order chi connectivity index (χ0) is 11.6. The van der Waals surface area contributed by atoms with Crippen LogP contribution in [-0.4, -0.2) is 22.2 Å². The van der Waals surface area contributed by atoms with Crippen molar-refractivity contribution in [3.8, 4) is 0 Å². The molecule has 0 aromatic carbocycles. The molecule has 4 fully saturated rings. The average Bonchev–Trinajstić information content (AvgIpc) is 2.14. The van der Waals surface area contributed by atoms with Crippen molar-refractivity contribution in [2.75, 3.05) is 0 Å². The number of aliphatic carboxylic acids is 2. The lowest BCUT2D eigenvalue weighted by Gasteiger charge is -2.58. The summed E-state index contributed by atoms with van der Waals surface area (Å²) < 4.78 is 0. The maximum Gasteiger partial charge on any atom is 0.309 e. The lowest BCUT2D eigenvalue weighted by atomic mass is 9.44. The molecular weight excluding hydrogens is 208 g/mol. The Kier molecular flexibility index (Phi) is 1.76. The number of hydrogen-bond donors (Lipinski definition) is 2. The Labute approximate surface area is 93.6 Å². The van der Waals surface area contributed by atoms with E-state index in [2.05, 4.69) is 0 Å². The maximum atomic E-state index is 11.4. The van der Waals surface area contributed by atoms with E-state index in [1.54, 1.807) is 0 Å². The van der Waals surface area contributed by atoms with Gasteiger partial charge in [-0.3, -0.25) is 9.59 Å². The molecule has 0 heterocycles. The van der Waals surface area contributed by atoms with Gasteiger partial charge < -0.3 is 10.2 Å². The second-order valence-electron chi connectivity index (χ2n) is 5.93. The summed E-state index contributed by atoms with van der Waals surface area (Å²) in [4.78, 5) is 22.8. The second-order valence-corrected chi connectivity index (χ2v) is 5.93. The normalized spacial score (nSPS) is 45.9. The zero-order valence-corrected chi connectivity index (χ0v) is 9.03. The minimum atomic E-state index is -0.792. The van der Waals surface area contributed by atoms with E-state index in [0.717, 1.165) is 6.42 Å². The quantitative estimate of drug-likeness (QED) is 0.747. The van der Waals surface area contributed by atoms with Crippen LogP contribution in [0.15, 0.2) is 0 Å². The molecule has 87 valence electrons. The molecule has 0 aromatic heterocycles. The van der Waals surface area contributed by atoms with Gasteiger partial charge in [-0.05, 0) is 50.4 Å². The topological polar surface area (TPSA) is 74.6 Å². The molecule has 16 heavy (non-hydrogen) atoms. The van der Waals surface area contributed by atoms with Crippen molar-refractivity contribution >= 4 is 11.9 Å². The summed E-state index contributed by atoms with van der Waals surface area (Å²) in [5.41, 5.74) is -1.51. The fourth-order valence-corrected chi connectivity index (χ4v) is 4.43. The van der Waals surface area contributed by atoms with Gasteiger partial charge in [0.2, 0.25) is 0 Å². The Morgan fingerprint density at radius 3 is 1.94 bits per heavy atom. The number of rotatable bonds is 2. The summed E-state index contributed by atoms with van der Waals surface area (Å²) in [6, 6.07) is 0. The van der Waals surface area contributed by atoms with E-state index < -0.39 is 22.8 Å². The first kappa shape index (κ1) is 10.1. The van der Waals surface area contributed by atoms with Crippen molar-refractivity contribution in [2.45, 2.75) is 38.5 Å². The summed E-state index contributed by atoms with van der Waals surface area (Å²) in [5, 5.41) is 18.7. The van der Waals surface area contributed by atoms with Crippen LogP contribution in [0.5, 0.6) is 0 Å². The second kappa shape index (κ2) is 2.79. The molecular formula is C12H15O4. The van der Waals surface area contributed by atoms with Gasteiger partial charge in [0, 0.05) is 0 Å². The van der Waals surface area contributed by atoms with Crippen LogP contribution in [-0.2, 0) is 9.59 Å². The van der Waals surface area contributed by atoms with E-state index >= 15 is 0 Å². The third kappa shape index (κ3) is 1.10. The van der Waals surface area contributed by atoms with E-state index in [4.69, 9.17) is 0 Å². The van der Waals surface area contributed by atoms with Crippen LogP contribution >= 0.6 is 0 Å². The molecule has 4 bridgehead atoms. The van der Waals surface area contributed by atoms with Crippen molar-refractivity contribution in [1.82, 2.24) is 0 Å². The van der Waals surface area contributed by atoms with Gasteiger partial charge in [0.1, 0.15) is 0 Å². The predicted molar refractivity (Wildman–Crippen MR) is 54.6 cm³/mol. The number of carboxylic acids is 2. The lowest BCUT2D eigenvalue weighted by Crippen LogP contribution is -2.56. The summed E-state index contributed by atoms with van der Waals surface area (Å²) in [6.45, 7) is 0. The minimum absolute atomic E-state index is 0.290. The SMILES string of the molecule is O=C(O)C12C[C]3CC(C1)CC(C(=O)O)(C3)C2. The van der Waals surface area contributed by atoms with Crippen molar-refractivity contribution in [2.24, 2.45) is 16.7 Å². The molecule has 4 heteroatoms. The van der Waals surface area contributed by atoms with E-state index in [9.17, 15) is 19.8 Å². The highest BCUT2D eigenvalue weighted by molar-refractivity contribution is 5.81. The Balaban J connectivity index is 2.03. The molecule has 2 N–H and O–H groups in total. The molecule has 4 aliphatic rings. The van der Waals surface area contributed by atoms with E-state index in [1.807, 2.05) is 0 Å². The summed E-state index contributed by atoms with van der Waals surface area (Å²) in [5.74, 6) is -0.114. The first-order valence-electron chi connectivity index (χ1n) is 5.76. The molecule has 4 saturated carbocycles. The highest BCUT2D eigenvalue weighted by atomic mass is 16.4. The molecule has 1 radical (unpaired) electrons. The largest absolute Gasteiger partial charge is 0.481 e. The van der Waals surface area contributed by atoms with Gasteiger partial charge in [0.25, 0.3) is 0 Å². The van der Waals surface area contributed by atoms with Crippen LogP contribution in [0.1, 0.15) is 38.5 Å². The Bertz CT molecular complexity index is 327. The first-order chi connectivity index (χ1) is 7.46. The third-order valence-electron chi connectivity index (χ3n) is 4.70. The molecule has 4 aliphatic carbocycles. The molecule has 4 rings (SSSR count). The van der Waals surface area contributed by atoms with Crippen LogP contribution < -0.4 is 0 Å². The summed E-state index contributed by atoms with van der Waals surface area (Å²) in [7, 11) is 0. The van der Waals surface area contributed by atoms with Crippen LogP contribution in [0.3, 0.4) is 0 Å². The van der Waals surface area contributed by atoms with Gasteiger partial charge in [0.15, 0.2) is 0 Å². The summed E-state index contributed by atoms with van der Waals surface area (Å²) in [6.07, 6.45) is 3.90. The van der Waals surface area contributed by atoms with Gasteiger partial charge in [-0.25, -0.2) is 0 Å². The Morgan fingerprint density at radius 1 is 1.06 bits per heavy atom. The fourth-order valence-electron chi connectivity index (χ4n) is 4.43. The average molecular weight is 223 g/mol. The molecule has 0 aromatic rings. The van der Waals surface area contributed by atoms with Gasteiger partial charge in [-0.15, -0.1) is 0 Å². The van der Waals surface area contributed by atoms with Gasteiger partial charge in [-0.2, -0.15) is 0 Å². The Hall–Kier alpha value is -1.06. The number of carbonyl (C=O) groups is 2. The predicted octanol–water partition coefficient (Wildman–Crippen LogP) is 1.70. The summed E-state index contributed by atoms with van der Waals surface area (Å²) >= 11 is 0. The molecule has 0 saturated heterocycles. The molecule has 0 spiro atoms. The van der Waals surface area contributed by atoms with Gasteiger partial charge >= 0.3 is 11.9 Å². The monoisotopic (exact) mass is 223 g/mol. The van der Waals surface area contributed by atoms with Crippen LogP contribution in [0.25, 0.3) is 0 Å². The van der Waals surface area contributed by atoms with Crippen LogP contribution in [0.4, 0.5) is 0 Å². The van der Waals surface area contributed by atoms with Crippen LogP contribution in [0.2, 0.25) is 0 Å². The van der Waals surface area contributed by atoms with Crippen molar-refractivity contribution in [3.05, 3.63) is 5.92 Å². The van der Waals surface area contributed by atoms with Gasteiger partial charge in [-0.1, -0.05) is 0 Å². The third-order valence-corrected chi connectivity index (χ3v) is 4.70. The lowest BCUT2D eigenvalue weighted by molar-refractivity contribution is -0.176. The molecule has 2 unspecified atom stereocenters. The smallest absolute Gasteiger partial charge is 0.309 e. The van der Waals surface area contributed by atoms with E-state index in [1.165, 1.54) is 5.92 Å². The molecule has 2 atom stereocenters. The van der Waals surface area contributed by atoms with Crippen LogP contribution in [0, 0.1) is 22.7 Å². The molecule has 0 aliphatic heterocycles. The van der Waals surface area contributed by atoms with Gasteiger partial charge in [0.05, 0.1) is 10.8 Å². The van der Waals surface area contributed by atoms with Crippen molar-refractivity contribution in [3.63, 3.8) is 0 Å². The molecule has 0 amide bonds.